The first-order chi connectivity index (χ1) is 9.65. The molecular formula is C15H15N3O2. The van der Waals surface area contributed by atoms with Crippen LogP contribution in [0.2, 0.25) is 0 Å². The maximum atomic E-state index is 11.8. The average Bonchev–Trinajstić information content (AvgIpc) is 2.44. The summed E-state index contributed by atoms with van der Waals surface area (Å²) in [5, 5.41) is 13.0. The summed E-state index contributed by atoms with van der Waals surface area (Å²) >= 11 is 0. The van der Waals surface area contributed by atoms with Crippen molar-refractivity contribution in [2.75, 3.05) is 6.61 Å². The molecule has 102 valence electrons. The highest BCUT2D eigenvalue weighted by Gasteiger charge is 2.08. The van der Waals surface area contributed by atoms with Crippen molar-refractivity contribution < 1.29 is 4.74 Å². The smallest absolute Gasteiger partial charge is 0.270 e. The van der Waals surface area contributed by atoms with E-state index in [0.717, 1.165) is 11.3 Å². The highest BCUT2D eigenvalue weighted by Crippen LogP contribution is 2.22. The maximum Gasteiger partial charge on any atom is 0.270 e. The monoisotopic (exact) mass is 269 g/mol. The third-order valence-electron chi connectivity index (χ3n) is 2.85. The molecule has 0 saturated carbocycles. The zero-order chi connectivity index (χ0) is 14.5. The molecule has 0 atom stereocenters. The van der Waals surface area contributed by atoms with Gasteiger partial charge < -0.3 is 4.74 Å². The second-order valence-electron chi connectivity index (χ2n) is 4.28. The van der Waals surface area contributed by atoms with Crippen LogP contribution in [-0.4, -0.2) is 16.4 Å². The molecule has 0 N–H and O–H groups in total. The average molecular weight is 269 g/mol. The summed E-state index contributed by atoms with van der Waals surface area (Å²) in [4.78, 5) is 11.8. The van der Waals surface area contributed by atoms with Crippen LogP contribution in [-0.2, 0) is 13.5 Å². The molecule has 5 heteroatoms. The number of hydrogen-bond acceptors (Lipinski definition) is 4. The molecule has 2 aromatic rings. The quantitative estimate of drug-likeness (QED) is 0.850. The lowest BCUT2D eigenvalue weighted by Gasteiger charge is -2.08. The Hall–Kier alpha value is -2.61. The Morgan fingerprint density at radius 3 is 2.90 bits per heavy atom. The Morgan fingerprint density at radius 1 is 1.40 bits per heavy atom. The second kappa shape index (κ2) is 6.02. The van der Waals surface area contributed by atoms with Crippen molar-refractivity contribution in [3.05, 3.63) is 46.2 Å². The molecule has 0 bridgehead atoms. The first-order valence-electron chi connectivity index (χ1n) is 6.33. The van der Waals surface area contributed by atoms with Crippen LogP contribution in [0.15, 0.2) is 35.1 Å². The van der Waals surface area contributed by atoms with Crippen molar-refractivity contribution in [2.45, 2.75) is 13.3 Å². The first-order valence-corrected chi connectivity index (χ1v) is 6.33. The number of rotatable bonds is 4. The van der Waals surface area contributed by atoms with Gasteiger partial charge in [0.25, 0.3) is 5.56 Å². The molecule has 1 aromatic carbocycles. The number of hydrogen-bond donors (Lipinski definition) is 0. The van der Waals surface area contributed by atoms with Crippen molar-refractivity contribution >= 4 is 0 Å². The maximum absolute atomic E-state index is 11.8. The van der Waals surface area contributed by atoms with E-state index < -0.39 is 0 Å². The van der Waals surface area contributed by atoms with E-state index in [1.165, 1.54) is 4.68 Å². The van der Waals surface area contributed by atoms with Gasteiger partial charge in [-0.25, -0.2) is 4.68 Å². The van der Waals surface area contributed by atoms with Crippen molar-refractivity contribution in [1.82, 2.24) is 9.78 Å². The van der Waals surface area contributed by atoms with E-state index in [4.69, 9.17) is 10.00 Å². The van der Waals surface area contributed by atoms with Crippen LogP contribution in [0.4, 0.5) is 0 Å². The molecule has 5 nitrogen and oxygen atoms in total. The van der Waals surface area contributed by atoms with E-state index in [-0.39, 0.29) is 12.0 Å². The zero-order valence-electron chi connectivity index (χ0n) is 11.5. The number of ether oxygens (including phenoxy) is 1. The minimum Gasteiger partial charge on any atom is -0.494 e. The molecule has 1 aromatic heterocycles. The summed E-state index contributed by atoms with van der Waals surface area (Å²) in [5.41, 5.74) is 1.71. The van der Waals surface area contributed by atoms with Gasteiger partial charge in [-0.05, 0) is 25.1 Å². The number of benzene rings is 1. The Morgan fingerprint density at radius 2 is 2.20 bits per heavy atom. The van der Waals surface area contributed by atoms with Crippen molar-refractivity contribution in [2.24, 2.45) is 7.05 Å². The van der Waals surface area contributed by atoms with Crippen molar-refractivity contribution in [3.8, 4) is 23.1 Å². The van der Waals surface area contributed by atoms with Gasteiger partial charge in [-0.3, -0.25) is 4.79 Å². The summed E-state index contributed by atoms with van der Waals surface area (Å²) in [5.74, 6) is 0.752. The third-order valence-corrected chi connectivity index (χ3v) is 2.85. The van der Waals surface area contributed by atoms with Crippen LogP contribution >= 0.6 is 0 Å². The molecular weight excluding hydrogens is 254 g/mol. The third kappa shape index (κ3) is 2.86. The highest BCUT2D eigenvalue weighted by molar-refractivity contribution is 5.61. The molecule has 0 saturated heterocycles. The van der Waals surface area contributed by atoms with Crippen LogP contribution in [0.3, 0.4) is 0 Å². The van der Waals surface area contributed by atoms with E-state index in [2.05, 4.69) is 5.10 Å². The lowest BCUT2D eigenvalue weighted by Crippen LogP contribution is -2.23. The molecule has 0 radical (unpaired) electrons. The Labute approximate surface area is 117 Å². The molecule has 0 fully saturated rings. The Bertz CT molecular complexity index is 714. The molecule has 0 amide bonds. The predicted molar refractivity (Wildman–Crippen MR) is 75.4 cm³/mol. The van der Waals surface area contributed by atoms with Gasteiger partial charge in [0.05, 0.1) is 24.8 Å². The van der Waals surface area contributed by atoms with Gasteiger partial charge in [0.15, 0.2) is 0 Å². The normalized spacial score (nSPS) is 10.1. The van der Waals surface area contributed by atoms with Crippen LogP contribution in [0.5, 0.6) is 5.75 Å². The van der Waals surface area contributed by atoms with Gasteiger partial charge in [-0.2, -0.15) is 10.4 Å². The van der Waals surface area contributed by atoms with Gasteiger partial charge in [-0.1, -0.05) is 12.1 Å². The summed E-state index contributed by atoms with van der Waals surface area (Å²) in [6, 6.07) is 11.2. The molecule has 0 aliphatic heterocycles. The molecule has 1 heterocycles. The minimum atomic E-state index is -0.240. The lowest BCUT2D eigenvalue weighted by atomic mass is 10.1. The Kier molecular flexibility index (Phi) is 4.16. The van der Waals surface area contributed by atoms with E-state index >= 15 is 0 Å². The fourth-order valence-electron chi connectivity index (χ4n) is 1.94. The van der Waals surface area contributed by atoms with Crippen molar-refractivity contribution in [3.63, 3.8) is 0 Å². The molecule has 0 unspecified atom stereocenters. The number of nitriles is 1. The van der Waals surface area contributed by atoms with Crippen LogP contribution in [0.1, 0.15) is 12.5 Å². The lowest BCUT2D eigenvalue weighted by molar-refractivity contribution is 0.340. The van der Waals surface area contributed by atoms with E-state index in [1.54, 1.807) is 13.1 Å². The molecule has 20 heavy (non-hydrogen) atoms. The fourth-order valence-corrected chi connectivity index (χ4v) is 1.94. The standard InChI is InChI=1S/C15H15N3O2/c1-3-20-13-6-4-5-11(9-13)14-10-12(7-8-16)15(19)18(2)17-14/h4-6,9-10H,3,7H2,1-2H3. The summed E-state index contributed by atoms with van der Waals surface area (Å²) in [6.07, 6.45) is 0.0767. The van der Waals surface area contributed by atoms with Gasteiger partial charge in [0.1, 0.15) is 5.75 Å². The molecule has 2 rings (SSSR count). The number of aromatic nitrogens is 2. The fraction of sp³-hybridized carbons (Fsp3) is 0.267. The SMILES string of the molecule is CCOc1cccc(-c2cc(CC#N)c(=O)n(C)n2)c1. The summed E-state index contributed by atoms with van der Waals surface area (Å²) in [6.45, 7) is 2.51. The zero-order valence-corrected chi connectivity index (χ0v) is 11.5. The highest BCUT2D eigenvalue weighted by atomic mass is 16.5. The topological polar surface area (TPSA) is 67.9 Å². The minimum absolute atomic E-state index is 0.0767. The van der Waals surface area contributed by atoms with Gasteiger partial charge in [0.2, 0.25) is 0 Å². The van der Waals surface area contributed by atoms with Gasteiger partial charge in [0, 0.05) is 18.2 Å². The van der Waals surface area contributed by atoms with Crippen LogP contribution in [0, 0.1) is 11.3 Å². The molecule has 0 spiro atoms. The number of nitrogens with zero attached hydrogens (tertiary/aromatic N) is 3. The first kappa shape index (κ1) is 13.8. The van der Waals surface area contributed by atoms with Crippen LogP contribution < -0.4 is 10.3 Å². The largest absolute Gasteiger partial charge is 0.494 e. The summed E-state index contributed by atoms with van der Waals surface area (Å²) in [7, 11) is 1.58. The van der Waals surface area contributed by atoms with E-state index in [9.17, 15) is 4.79 Å². The van der Waals surface area contributed by atoms with E-state index in [1.807, 2.05) is 37.3 Å². The number of aryl methyl sites for hydroxylation is 1. The van der Waals surface area contributed by atoms with Crippen molar-refractivity contribution in [1.29, 1.82) is 5.26 Å². The molecule has 0 aliphatic rings. The Balaban J connectivity index is 2.50. The van der Waals surface area contributed by atoms with Gasteiger partial charge >= 0.3 is 0 Å². The van der Waals surface area contributed by atoms with Crippen LogP contribution in [0.25, 0.3) is 11.3 Å². The van der Waals surface area contributed by atoms with E-state index in [0.29, 0.717) is 17.9 Å². The summed E-state index contributed by atoms with van der Waals surface area (Å²) < 4.78 is 6.71. The van der Waals surface area contributed by atoms with Gasteiger partial charge in [-0.15, -0.1) is 0 Å². The molecule has 0 aliphatic carbocycles. The second-order valence-corrected chi connectivity index (χ2v) is 4.28. The predicted octanol–water partition coefficient (Wildman–Crippen LogP) is 1.91.